The minimum atomic E-state index is -0.480. The molecule has 6 rings (SSSR count). The molecule has 9 heteroatoms. The molecule has 36 heavy (non-hydrogen) atoms. The number of amides is 1. The van der Waals surface area contributed by atoms with E-state index in [2.05, 4.69) is 43.3 Å². The zero-order valence-corrected chi connectivity index (χ0v) is 21.0. The maximum absolute atomic E-state index is 13.4. The molecule has 7 nitrogen and oxygen atoms in total. The van der Waals surface area contributed by atoms with Gasteiger partial charge < -0.3 is 15.0 Å². The Kier molecular flexibility index (Phi) is 5.42. The molecule has 2 aromatic carbocycles. The van der Waals surface area contributed by atoms with E-state index >= 15 is 0 Å². The molecule has 0 unspecified atom stereocenters. The first-order valence-electron chi connectivity index (χ1n) is 12.1. The predicted molar refractivity (Wildman–Crippen MR) is 136 cm³/mol. The molecular weight excluding hydrogens is 481 g/mol. The summed E-state index contributed by atoms with van der Waals surface area (Å²) < 4.78 is 19.4. The number of aromatic nitrogens is 2. The monoisotopic (exact) mass is 507 g/mol. The summed E-state index contributed by atoms with van der Waals surface area (Å²) in [6.45, 7) is 8.57. The molecule has 0 radical (unpaired) electrons. The molecule has 186 valence electrons. The van der Waals surface area contributed by atoms with Crippen molar-refractivity contribution < 1.29 is 13.9 Å². The first-order valence-corrected chi connectivity index (χ1v) is 12.5. The fourth-order valence-corrected chi connectivity index (χ4v) is 5.83. The second-order valence-corrected chi connectivity index (χ2v) is 11.1. The number of carbonyl (C=O) groups excluding carboxylic acids is 1. The molecule has 0 saturated carbocycles. The lowest BCUT2D eigenvalue weighted by molar-refractivity contribution is -0.119. The van der Waals surface area contributed by atoms with Crippen LogP contribution in [0.25, 0.3) is 0 Å². The van der Waals surface area contributed by atoms with Crippen molar-refractivity contribution in [3.63, 3.8) is 0 Å². The van der Waals surface area contributed by atoms with Crippen molar-refractivity contribution in [2.24, 2.45) is 5.41 Å². The van der Waals surface area contributed by atoms with Gasteiger partial charge in [0, 0.05) is 37.3 Å². The number of halogens is 2. The molecule has 0 bridgehead atoms. The quantitative estimate of drug-likeness (QED) is 0.524. The third-order valence-electron chi connectivity index (χ3n) is 7.62. The minimum Gasteiger partial charge on any atom is -0.450 e. The van der Waals surface area contributed by atoms with Crippen LogP contribution in [0.3, 0.4) is 0 Å². The summed E-state index contributed by atoms with van der Waals surface area (Å²) in [5.41, 5.74) is 2.94. The highest BCUT2D eigenvalue weighted by Gasteiger charge is 2.48. The number of rotatable bonds is 5. The molecule has 3 aliphatic rings. The highest BCUT2D eigenvalue weighted by Crippen LogP contribution is 2.45. The second-order valence-electron chi connectivity index (χ2n) is 10.7. The average molecular weight is 508 g/mol. The summed E-state index contributed by atoms with van der Waals surface area (Å²) >= 11 is 6.15. The Balaban J connectivity index is 1.11. The molecule has 3 aliphatic heterocycles. The van der Waals surface area contributed by atoms with Gasteiger partial charge in [0.2, 0.25) is 5.91 Å². The van der Waals surface area contributed by atoms with Gasteiger partial charge in [-0.05, 0) is 62.2 Å². The van der Waals surface area contributed by atoms with Crippen LogP contribution in [-0.4, -0.2) is 47.0 Å². The maximum atomic E-state index is 13.4. The van der Waals surface area contributed by atoms with Crippen LogP contribution in [0.15, 0.2) is 48.9 Å². The number of hydrogen-bond acceptors (Lipinski definition) is 6. The van der Waals surface area contributed by atoms with Crippen molar-refractivity contribution in [2.45, 2.75) is 32.2 Å². The molecule has 1 N–H and O–H groups in total. The lowest BCUT2D eigenvalue weighted by atomic mass is 9.79. The van der Waals surface area contributed by atoms with Crippen LogP contribution in [-0.2, 0) is 16.8 Å². The van der Waals surface area contributed by atoms with Gasteiger partial charge in [-0.25, -0.2) is 14.4 Å². The van der Waals surface area contributed by atoms with Gasteiger partial charge in [0.05, 0.1) is 16.6 Å². The number of likely N-dealkylation sites (tertiary alicyclic amines) is 1. The number of ether oxygens (including phenoxy) is 1. The Morgan fingerprint density at radius 3 is 2.78 bits per heavy atom. The van der Waals surface area contributed by atoms with E-state index in [4.69, 9.17) is 16.3 Å². The van der Waals surface area contributed by atoms with E-state index in [1.165, 1.54) is 30.1 Å². The Hall–Kier alpha value is -3.23. The molecule has 1 amide bonds. The third kappa shape index (κ3) is 3.98. The van der Waals surface area contributed by atoms with Gasteiger partial charge >= 0.3 is 0 Å². The van der Waals surface area contributed by atoms with Gasteiger partial charge in [0.25, 0.3) is 0 Å². The van der Waals surface area contributed by atoms with Crippen LogP contribution < -0.4 is 15.0 Å². The number of nitrogens with zero attached hydrogens (tertiary/aromatic N) is 4. The zero-order chi connectivity index (χ0) is 25.1. The van der Waals surface area contributed by atoms with E-state index in [0.717, 1.165) is 50.4 Å². The normalized spacial score (nSPS) is 19.8. The molecule has 0 aliphatic carbocycles. The van der Waals surface area contributed by atoms with Crippen molar-refractivity contribution in [3.8, 4) is 11.5 Å². The summed E-state index contributed by atoms with van der Waals surface area (Å²) in [6, 6.07) is 10.4. The van der Waals surface area contributed by atoms with Gasteiger partial charge in [-0.15, -0.1) is 0 Å². The van der Waals surface area contributed by atoms with E-state index in [-0.39, 0.29) is 16.3 Å². The lowest BCUT2D eigenvalue weighted by Crippen LogP contribution is -2.58. The molecule has 4 heterocycles. The number of anilines is 2. The molecule has 1 spiro atoms. The molecule has 2 saturated heterocycles. The standard InChI is InChI=1S/C27H27ClFN5O2/c1-26(2)19-5-3-17(9-21(19)32-25(26)35)12-33-8-7-27(13-33)14-34(15-27)24-23(11-30-16-31-24)36-22-6-4-18(29)10-20(22)28/h3-6,9-11,16H,7-8,12-15H2,1-2H3,(H,32,35). The molecule has 0 atom stereocenters. The molecule has 3 aromatic rings. The van der Waals surface area contributed by atoms with Crippen LogP contribution in [0, 0.1) is 11.2 Å². The number of carbonyl (C=O) groups is 1. The SMILES string of the molecule is CC1(C)C(=O)Nc2cc(CN3CCC4(C3)CN(c3ncncc3Oc3ccc(F)cc3Cl)C4)ccc21. The van der Waals surface area contributed by atoms with Crippen molar-refractivity contribution in [3.05, 3.63) is 70.9 Å². The topological polar surface area (TPSA) is 70.6 Å². The molecule has 2 fully saturated rings. The van der Waals surface area contributed by atoms with E-state index in [0.29, 0.717) is 17.3 Å². The number of fused-ring (bicyclic) bond motifs is 1. The average Bonchev–Trinajstić information content (AvgIpc) is 3.33. The number of hydrogen-bond donors (Lipinski definition) is 1. The van der Waals surface area contributed by atoms with Gasteiger partial charge in [0.1, 0.15) is 17.9 Å². The summed E-state index contributed by atoms with van der Waals surface area (Å²) in [5, 5.41) is 3.23. The van der Waals surface area contributed by atoms with Crippen molar-refractivity contribution in [1.82, 2.24) is 14.9 Å². The second kappa shape index (κ2) is 8.42. The predicted octanol–water partition coefficient (Wildman–Crippen LogP) is 5.00. The van der Waals surface area contributed by atoms with Crippen molar-refractivity contribution in [2.75, 3.05) is 36.4 Å². The maximum Gasteiger partial charge on any atom is 0.234 e. The van der Waals surface area contributed by atoms with Gasteiger partial charge in [0.15, 0.2) is 11.6 Å². The lowest BCUT2D eigenvalue weighted by Gasteiger charge is -2.49. The van der Waals surface area contributed by atoms with Crippen LogP contribution in [0.5, 0.6) is 11.5 Å². The summed E-state index contributed by atoms with van der Waals surface area (Å²) in [7, 11) is 0. The van der Waals surface area contributed by atoms with Gasteiger partial charge in [-0.1, -0.05) is 23.7 Å². The van der Waals surface area contributed by atoms with Crippen LogP contribution in [0.2, 0.25) is 5.02 Å². The van der Waals surface area contributed by atoms with E-state index in [9.17, 15) is 9.18 Å². The fourth-order valence-electron chi connectivity index (χ4n) is 5.63. The summed E-state index contributed by atoms with van der Waals surface area (Å²) in [6.07, 6.45) is 4.24. The van der Waals surface area contributed by atoms with E-state index < -0.39 is 11.2 Å². The number of nitrogens with one attached hydrogen (secondary N) is 1. The fraction of sp³-hybridized carbons (Fsp3) is 0.370. The Labute approximate surface area is 214 Å². The van der Waals surface area contributed by atoms with E-state index in [1.807, 2.05) is 13.8 Å². The number of benzene rings is 2. The van der Waals surface area contributed by atoms with Crippen molar-refractivity contribution in [1.29, 1.82) is 0 Å². The van der Waals surface area contributed by atoms with Crippen LogP contribution in [0.1, 0.15) is 31.4 Å². The Morgan fingerprint density at radius 1 is 1.14 bits per heavy atom. The Morgan fingerprint density at radius 2 is 1.97 bits per heavy atom. The van der Waals surface area contributed by atoms with Crippen molar-refractivity contribution >= 4 is 29.0 Å². The smallest absolute Gasteiger partial charge is 0.234 e. The first kappa shape index (κ1) is 23.2. The van der Waals surface area contributed by atoms with Crippen LogP contribution in [0.4, 0.5) is 15.9 Å². The third-order valence-corrected chi connectivity index (χ3v) is 7.92. The van der Waals surface area contributed by atoms with Crippen LogP contribution >= 0.6 is 11.6 Å². The molecule has 1 aromatic heterocycles. The minimum absolute atomic E-state index is 0.0547. The van der Waals surface area contributed by atoms with E-state index in [1.54, 1.807) is 6.20 Å². The highest BCUT2D eigenvalue weighted by molar-refractivity contribution is 6.32. The summed E-state index contributed by atoms with van der Waals surface area (Å²) in [5.74, 6) is 1.22. The largest absolute Gasteiger partial charge is 0.450 e. The Bertz CT molecular complexity index is 1360. The van der Waals surface area contributed by atoms with Gasteiger partial charge in [-0.2, -0.15) is 0 Å². The summed E-state index contributed by atoms with van der Waals surface area (Å²) in [4.78, 5) is 25.5. The van der Waals surface area contributed by atoms with Gasteiger partial charge in [-0.3, -0.25) is 9.69 Å². The zero-order valence-electron chi connectivity index (χ0n) is 20.2. The molecular formula is C27H27ClFN5O2. The first-order chi connectivity index (χ1) is 17.2. The highest BCUT2D eigenvalue weighted by atomic mass is 35.5.